The van der Waals surface area contributed by atoms with Crippen molar-refractivity contribution in [3.05, 3.63) is 107 Å². The Morgan fingerprint density at radius 2 is 1.29 bits per heavy atom. The lowest BCUT2D eigenvalue weighted by Gasteiger charge is -2.22. The Labute approximate surface area is 162 Å². The van der Waals surface area contributed by atoms with Crippen molar-refractivity contribution in [3.63, 3.8) is 0 Å². The van der Waals surface area contributed by atoms with Crippen LogP contribution in [0.5, 0.6) is 0 Å². The molecule has 3 amide bonds. The maximum Gasteiger partial charge on any atom is 0.328 e. The van der Waals surface area contributed by atoms with Crippen molar-refractivity contribution in [1.82, 2.24) is 9.80 Å². The Bertz CT molecular complexity index is 975. The summed E-state index contributed by atoms with van der Waals surface area (Å²) in [7, 11) is 0. The van der Waals surface area contributed by atoms with Crippen LogP contribution in [0, 0.1) is 5.82 Å². The molecule has 0 aliphatic carbocycles. The predicted molar refractivity (Wildman–Crippen MR) is 104 cm³/mol. The van der Waals surface area contributed by atoms with E-state index in [1.54, 1.807) is 17.0 Å². The van der Waals surface area contributed by atoms with Crippen molar-refractivity contribution in [2.75, 3.05) is 0 Å². The molecule has 0 unspecified atom stereocenters. The van der Waals surface area contributed by atoms with Crippen LogP contribution in [0.15, 0.2) is 84.9 Å². The van der Waals surface area contributed by atoms with E-state index in [1.807, 2.05) is 60.7 Å². The highest BCUT2D eigenvalue weighted by molar-refractivity contribution is 6.04. The lowest BCUT2D eigenvalue weighted by molar-refractivity contribution is -0.128. The molecular weight excluding hydrogens is 355 g/mol. The summed E-state index contributed by atoms with van der Waals surface area (Å²) in [6.07, 6.45) is 0. The van der Waals surface area contributed by atoms with Gasteiger partial charge in [-0.3, -0.25) is 9.69 Å². The van der Waals surface area contributed by atoms with Crippen LogP contribution in [-0.4, -0.2) is 21.7 Å². The molecule has 0 N–H and O–H groups in total. The highest BCUT2D eigenvalue weighted by Gasteiger charge is 2.45. The molecule has 1 saturated heterocycles. The molecular formula is C23H19FN2O2. The average molecular weight is 374 g/mol. The standard InChI is InChI=1S/C23H19FN2O2/c24-20-13-11-18(12-14-20)16-26-22(27)21(19-9-5-2-6-10-19)25(23(26)28)15-17-7-3-1-4-8-17/h1-14,21H,15-16H2/t21-/m1/s1. The zero-order valence-corrected chi connectivity index (χ0v) is 15.2. The van der Waals surface area contributed by atoms with Crippen LogP contribution in [0.25, 0.3) is 0 Å². The molecule has 1 aliphatic heterocycles. The Balaban J connectivity index is 1.66. The molecule has 140 valence electrons. The Morgan fingerprint density at radius 1 is 0.714 bits per heavy atom. The third-order valence-electron chi connectivity index (χ3n) is 4.85. The lowest BCUT2D eigenvalue weighted by atomic mass is 10.0. The summed E-state index contributed by atoms with van der Waals surface area (Å²) in [6.45, 7) is 0.456. The first-order valence-electron chi connectivity index (χ1n) is 9.09. The van der Waals surface area contributed by atoms with E-state index in [1.165, 1.54) is 17.0 Å². The van der Waals surface area contributed by atoms with Crippen LogP contribution < -0.4 is 0 Å². The van der Waals surface area contributed by atoms with E-state index in [0.29, 0.717) is 12.1 Å². The molecule has 0 radical (unpaired) electrons. The van der Waals surface area contributed by atoms with E-state index in [-0.39, 0.29) is 24.3 Å². The normalized spacial score (nSPS) is 16.7. The third kappa shape index (κ3) is 3.51. The minimum atomic E-state index is -0.672. The first kappa shape index (κ1) is 17.9. The van der Waals surface area contributed by atoms with E-state index >= 15 is 0 Å². The van der Waals surface area contributed by atoms with Crippen molar-refractivity contribution in [2.45, 2.75) is 19.1 Å². The molecule has 3 aromatic rings. The number of benzene rings is 3. The molecule has 4 nitrogen and oxygen atoms in total. The number of rotatable bonds is 5. The van der Waals surface area contributed by atoms with Gasteiger partial charge < -0.3 is 4.90 Å². The van der Waals surface area contributed by atoms with Gasteiger partial charge in [-0.2, -0.15) is 0 Å². The van der Waals surface area contributed by atoms with Gasteiger partial charge in [-0.25, -0.2) is 9.18 Å². The Kier molecular flexibility index (Phi) is 4.89. The fraction of sp³-hybridized carbons (Fsp3) is 0.130. The maximum absolute atomic E-state index is 13.2. The van der Waals surface area contributed by atoms with Gasteiger partial charge in [0, 0.05) is 6.54 Å². The molecule has 28 heavy (non-hydrogen) atoms. The fourth-order valence-electron chi connectivity index (χ4n) is 3.46. The van der Waals surface area contributed by atoms with E-state index in [2.05, 4.69) is 0 Å². The number of halogens is 1. The number of urea groups is 1. The topological polar surface area (TPSA) is 40.6 Å². The van der Waals surface area contributed by atoms with Crippen molar-refractivity contribution in [2.24, 2.45) is 0 Å². The van der Waals surface area contributed by atoms with Crippen LogP contribution in [0.3, 0.4) is 0 Å². The molecule has 5 heteroatoms. The van der Waals surface area contributed by atoms with Gasteiger partial charge in [-0.1, -0.05) is 72.8 Å². The molecule has 1 atom stereocenters. The summed E-state index contributed by atoms with van der Waals surface area (Å²) in [4.78, 5) is 29.1. The van der Waals surface area contributed by atoms with Gasteiger partial charge in [0.15, 0.2) is 0 Å². The van der Waals surface area contributed by atoms with Gasteiger partial charge in [0.25, 0.3) is 5.91 Å². The summed E-state index contributed by atoms with van der Waals surface area (Å²) in [5.74, 6) is -0.618. The van der Waals surface area contributed by atoms with E-state index in [9.17, 15) is 14.0 Å². The molecule has 3 aromatic carbocycles. The second-order valence-electron chi connectivity index (χ2n) is 6.76. The quantitative estimate of drug-likeness (QED) is 0.616. The number of carbonyl (C=O) groups is 2. The minimum Gasteiger partial charge on any atom is -0.304 e. The van der Waals surface area contributed by atoms with Crippen LogP contribution in [-0.2, 0) is 17.9 Å². The van der Waals surface area contributed by atoms with Gasteiger partial charge in [0.2, 0.25) is 0 Å². The average Bonchev–Trinajstić information content (AvgIpc) is 2.95. The summed E-state index contributed by atoms with van der Waals surface area (Å²) in [5, 5.41) is 0. The number of imide groups is 1. The largest absolute Gasteiger partial charge is 0.328 e. The highest BCUT2D eigenvalue weighted by atomic mass is 19.1. The zero-order chi connectivity index (χ0) is 19.5. The maximum atomic E-state index is 13.2. The van der Waals surface area contributed by atoms with Crippen molar-refractivity contribution in [3.8, 4) is 0 Å². The van der Waals surface area contributed by atoms with Crippen molar-refractivity contribution in [1.29, 1.82) is 0 Å². The first-order chi connectivity index (χ1) is 13.6. The summed E-state index contributed by atoms with van der Waals surface area (Å²) >= 11 is 0. The smallest absolute Gasteiger partial charge is 0.304 e. The van der Waals surface area contributed by atoms with E-state index in [0.717, 1.165) is 11.1 Å². The lowest BCUT2D eigenvalue weighted by Crippen LogP contribution is -2.32. The van der Waals surface area contributed by atoms with Crippen molar-refractivity contribution < 1.29 is 14.0 Å². The second-order valence-corrected chi connectivity index (χ2v) is 6.76. The Hall–Kier alpha value is -3.47. The number of nitrogens with zero attached hydrogens (tertiary/aromatic N) is 2. The van der Waals surface area contributed by atoms with Gasteiger partial charge in [0.1, 0.15) is 11.9 Å². The third-order valence-corrected chi connectivity index (χ3v) is 4.85. The predicted octanol–water partition coefficient (Wildman–Crippen LogP) is 4.53. The number of carbonyl (C=O) groups excluding carboxylic acids is 2. The van der Waals surface area contributed by atoms with Crippen molar-refractivity contribution >= 4 is 11.9 Å². The molecule has 1 aliphatic rings. The molecule has 0 bridgehead atoms. The van der Waals surface area contributed by atoms with Gasteiger partial charge in [-0.15, -0.1) is 0 Å². The Morgan fingerprint density at radius 3 is 1.93 bits per heavy atom. The zero-order valence-electron chi connectivity index (χ0n) is 15.2. The molecule has 4 rings (SSSR count). The van der Waals surface area contributed by atoms with Gasteiger partial charge >= 0.3 is 6.03 Å². The van der Waals surface area contributed by atoms with Gasteiger partial charge in [-0.05, 0) is 28.8 Å². The number of hydrogen-bond donors (Lipinski definition) is 0. The summed E-state index contributed by atoms with van der Waals surface area (Å²) < 4.78 is 13.2. The minimum absolute atomic E-state index is 0.118. The van der Waals surface area contributed by atoms with Gasteiger partial charge in [0.05, 0.1) is 6.54 Å². The molecule has 1 heterocycles. The molecule has 0 spiro atoms. The van der Waals surface area contributed by atoms with Crippen LogP contribution in [0.4, 0.5) is 9.18 Å². The number of amides is 3. The fourth-order valence-corrected chi connectivity index (χ4v) is 3.46. The molecule has 1 fully saturated rings. The summed E-state index contributed by atoms with van der Waals surface area (Å²) in [6, 6.07) is 23.7. The number of hydrogen-bond acceptors (Lipinski definition) is 2. The monoisotopic (exact) mass is 374 g/mol. The second kappa shape index (κ2) is 7.64. The van der Waals surface area contributed by atoms with E-state index < -0.39 is 6.04 Å². The van der Waals surface area contributed by atoms with E-state index in [4.69, 9.17) is 0 Å². The van der Waals surface area contributed by atoms with Crippen LogP contribution in [0.2, 0.25) is 0 Å². The summed E-state index contributed by atoms with van der Waals surface area (Å²) in [5.41, 5.74) is 2.43. The van der Waals surface area contributed by atoms with Crippen LogP contribution >= 0.6 is 0 Å². The first-order valence-corrected chi connectivity index (χ1v) is 9.09. The SMILES string of the molecule is O=C1[C@@H](c2ccccc2)N(Cc2ccccc2)C(=O)N1Cc1ccc(F)cc1. The van der Waals surface area contributed by atoms with Crippen LogP contribution in [0.1, 0.15) is 22.7 Å². The molecule has 0 saturated carbocycles. The highest BCUT2D eigenvalue weighted by Crippen LogP contribution is 2.33. The molecule has 0 aromatic heterocycles.